The lowest BCUT2D eigenvalue weighted by atomic mass is 9.99. The fourth-order valence-corrected chi connectivity index (χ4v) is 4.66. The van der Waals surface area contributed by atoms with Gasteiger partial charge in [-0.05, 0) is 66.9 Å². The van der Waals surface area contributed by atoms with Crippen LogP contribution in [0.2, 0.25) is 5.02 Å². The summed E-state index contributed by atoms with van der Waals surface area (Å²) < 4.78 is 17.7. The number of carbonyl (C=O) groups excluding carboxylic acids is 1. The van der Waals surface area contributed by atoms with E-state index in [1.165, 1.54) is 17.9 Å². The van der Waals surface area contributed by atoms with Crippen molar-refractivity contribution in [3.05, 3.63) is 105 Å². The maximum absolute atomic E-state index is 13.6. The smallest absolute Gasteiger partial charge is 0.279 e. The molecule has 0 bridgehead atoms. The average Bonchev–Trinajstić information content (AvgIpc) is 3.02. The molecule has 1 unspecified atom stereocenters. The highest BCUT2D eigenvalue weighted by Gasteiger charge is 2.23. The Balaban J connectivity index is 1.36. The van der Waals surface area contributed by atoms with Gasteiger partial charge in [-0.25, -0.2) is 4.98 Å². The molecular formula is C31H31ClN4O6. The number of amides is 1. The minimum absolute atomic E-state index is 0.107. The molecule has 1 aliphatic rings. The molecule has 4 aromatic rings. The predicted molar refractivity (Wildman–Crippen MR) is 159 cm³/mol. The third kappa shape index (κ3) is 7.34. The van der Waals surface area contributed by atoms with E-state index in [4.69, 9.17) is 25.8 Å². The molecular weight excluding hydrogens is 560 g/mol. The average molecular weight is 591 g/mol. The summed E-state index contributed by atoms with van der Waals surface area (Å²) in [5.74, 6) is 0.986. The van der Waals surface area contributed by atoms with E-state index in [1.807, 2.05) is 12.1 Å². The quantitative estimate of drug-likeness (QED) is 0.207. The van der Waals surface area contributed by atoms with Gasteiger partial charge in [0.2, 0.25) is 11.9 Å². The number of nitrogens with zero attached hydrogens (tertiary/aromatic N) is 2. The van der Waals surface area contributed by atoms with E-state index in [0.29, 0.717) is 59.8 Å². The van der Waals surface area contributed by atoms with Crippen molar-refractivity contribution < 1.29 is 24.1 Å². The molecule has 3 N–H and O–H groups in total. The summed E-state index contributed by atoms with van der Waals surface area (Å²) in [4.78, 5) is 30.9. The first-order valence-corrected chi connectivity index (χ1v) is 13.9. The van der Waals surface area contributed by atoms with Crippen LogP contribution in [-0.4, -0.2) is 40.9 Å². The number of hydrogen-bond acceptors (Lipinski definition) is 8. The molecule has 1 saturated heterocycles. The summed E-state index contributed by atoms with van der Waals surface area (Å²) in [6.45, 7) is 1.25. The van der Waals surface area contributed by atoms with Crippen molar-refractivity contribution in [3.8, 4) is 11.5 Å². The lowest BCUT2D eigenvalue weighted by molar-refractivity contribution is -0.122. The Bertz CT molecular complexity index is 1570. The van der Waals surface area contributed by atoms with Crippen LogP contribution in [0.15, 0.2) is 83.8 Å². The highest BCUT2D eigenvalue weighted by Crippen LogP contribution is 2.27. The Morgan fingerprint density at radius 3 is 2.55 bits per heavy atom. The van der Waals surface area contributed by atoms with E-state index in [-0.39, 0.29) is 29.6 Å². The first-order valence-electron chi connectivity index (χ1n) is 13.5. The van der Waals surface area contributed by atoms with Gasteiger partial charge >= 0.3 is 0 Å². The molecule has 218 valence electrons. The summed E-state index contributed by atoms with van der Waals surface area (Å²) >= 11 is 6.06. The molecule has 5 rings (SSSR count). The molecule has 1 atom stereocenters. The highest BCUT2D eigenvalue weighted by atomic mass is 35.5. The van der Waals surface area contributed by atoms with Gasteiger partial charge in [0.1, 0.15) is 17.2 Å². The molecule has 10 nitrogen and oxygen atoms in total. The third-order valence-electron chi connectivity index (χ3n) is 6.86. The number of nitrogens with one attached hydrogen (secondary N) is 2. The predicted octanol–water partition coefficient (Wildman–Crippen LogP) is 5.48. The summed E-state index contributed by atoms with van der Waals surface area (Å²) in [5, 5.41) is 16.5. The van der Waals surface area contributed by atoms with Crippen LogP contribution < -0.4 is 20.9 Å². The fraction of sp³-hybridized carbons (Fsp3) is 0.258. The minimum atomic E-state index is -1.04. The number of aromatic nitrogens is 2. The molecule has 42 heavy (non-hydrogen) atoms. The molecule has 1 aliphatic heterocycles. The maximum atomic E-state index is 13.6. The molecule has 1 fully saturated rings. The maximum Gasteiger partial charge on any atom is 0.279 e. The Labute approximate surface area is 247 Å². The van der Waals surface area contributed by atoms with Crippen LogP contribution in [0.4, 0.5) is 17.3 Å². The van der Waals surface area contributed by atoms with Crippen LogP contribution >= 0.6 is 11.6 Å². The fourth-order valence-electron chi connectivity index (χ4n) is 4.53. The normalized spacial score (nSPS) is 14.3. The Morgan fingerprint density at radius 1 is 1.10 bits per heavy atom. The highest BCUT2D eigenvalue weighted by molar-refractivity contribution is 6.30. The topological polar surface area (TPSA) is 124 Å². The van der Waals surface area contributed by atoms with Crippen molar-refractivity contribution in [2.24, 2.45) is 5.92 Å². The number of anilines is 3. The zero-order chi connectivity index (χ0) is 29.5. The van der Waals surface area contributed by atoms with Crippen LogP contribution in [0.3, 0.4) is 0 Å². The Kier molecular flexibility index (Phi) is 9.50. The number of benzene rings is 3. The molecule has 3 aromatic carbocycles. The minimum Gasteiger partial charge on any atom is -0.457 e. The van der Waals surface area contributed by atoms with E-state index < -0.39 is 6.29 Å². The van der Waals surface area contributed by atoms with Gasteiger partial charge in [-0.3, -0.25) is 14.2 Å². The monoisotopic (exact) mass is 590 g/mol. The van der Waals surface area contributed by atoms with Crippen LogP contribution in [0, 0.1) is 5.92 Å². The SMILES string of the molecule is COC(O)c1cccc(Oc2ccc(Nc3ncc(NC(=O)C4CCOCC4)c(=O)n3Cc3ccc(Cl)cc3)cc2)c1. The number of methoxy groups -OCH3 is 1. The van der Waals surface area contributed by atoms with E-state index >= 15 is 0 Å². The van der Waals surface area contributed by atoms with Crippen molar-refractivity contribution in [2.45, 2.75) is 25.7 Å². The summed E-state index contributed by atoms with van der Waals surface area (Å²) in [6, 6.07) is 21.3. The van der Waals surface area contributed by atoms with Crippen molar-refractivity contribution in [3.63, 3.8) is 0 Å². The third-order valence-corrected chi connectivity index (χ3v) is 7.12. The largest absolute Gasteiger partial charge is 0.457 e. The van der Waals surface area contributed by atoms with E-state index in [0.717, 1.165) is 5.56 Å². The van der Waals surface area contributed by atoms with Crippen LogP contribution in [-0.2, 0) is 20.8 Å². The van der Waals surface area contributed by atoms with Gasteiger partial charge in [-0.2, -0.15) is 0 Å². The van der Waals surface area contributed by atoms with Gasteiger partial charge in [-0.1, -0.05) is 35.9 Å². The number of halogens is 1. The first-order chi connectivity index (χ1) is 20.4. The second-order valence-corrected chi connectivity index (χ2v) is 10.2. The second-order valence-electron chi connectivity index (χ2n) is 9.80. The zero-order valence-electron chi connectivity index (χ0n) is 23.0. The van der Waals surface area contributed by atoms with Crippen molar-refractivity contribution in [1.82, 2.24) is 9.55 Å². The second kappa shape index (κ2) is 13.6. The summed E-state index contributed by atoms with van der Waals surface area (Å²) in [5.41, 5.74) is 1.80. The standard InChI is InChI=1S/C31H31ClN4O6/c1-40-30(39)22-3-2-4-26(17-22)42-25-11-9-24(10-12-25)34-31-33-18-27(35-28(37)21-13-15-41-16-14-21)29(38)36(31)19-20-5-7-23(32)8-6-20/h2-12,17-18,21,30,39H,13-16,19H2,1H3,(H,33,34)(H,35,37). The number of rotatable bonds is 10. The zero-order valence-corrected chi connectivity index (χ0v) is 23.7. The molecule has 0 radical (unpaired) electrons. The first kappa shape index (κ1) is 29.3. The van der Waals surface area contributed by atoms with Gasteiger partial charge < -0.3 is 30.0 Å². The van der Waals surface area contributed by atoms with E-state index in [1.54, 1.807) is 60.7 Å². The number of aliphatic hydroxyl groups is 1. The molecule has 1 amide bonds. The van der Waals surface area contributed by atoms with Crippen molar-refractivity contribution in [1.29, 1.82) is 0 Å². The lowest BCUT2D eigenvalue weighted by Gasteiger charge is -2.21. The van der Waals surface area contributed by atoms with Crippen LogP contribution in [0.5, 0.6) is 11.5 Å². The Morgan fingerprint density at radius 2 is 1.83 bits per heavy atom. The number of carbonyl (C=O) groups is 1. The summed E-state index contributed by atoms with van der Waals surface area (Å²) in [7, 11) is 1.42. The van der Waals surface area contributed by atoms with Gasteiger partial charge in [0, 0.05) is 42.5 Å². The molecule has 1 aromatic heterocycles. The van der Waals surface area contributed by atoms with Gasteiger partial charge in [0.05, 0.1) is 12.7 Å². The van der Waals surface area contributed by atoms with Gasteiger partial charge in [0.25, 0.3) is 5.56 Å². The Hall–Kier alpha value is -4.22. The van der Waals surface area contributed by atoms with Crippen LogP contribution in [0.25, 0.3) is 0 Å². The number of hydrogen-bond donors (Lipinski definition) is 3. The molecule has 0 spiro atoms. The summed E-state index contributed by atoms with van der Waals surface area (Å²) in [6.07, 6.45) is 1.55. The van der Waals surface area contributed by atoms with E-state index in [2.05, 4.69) is 15.6 Å². The number of ether oxygens (including phenoxy) is 3. The molecule has 0 aliphatic carbocycles. The van der Waals surface area contributed by atoms with Gasteiger partial charge in [-0.15, -0.1) is 0 Å². The molecule has 0 saturated carbocycles. The van der Waals surface area contributed by atoms with Crippen molar-refractivity contribution in [2.75, 3.05) is 31.0 Å². The van der Waals surface area contributed by atoms with Gasteiger partial charge in [0.15, 0.2) is 6.29 Å². The lowest BCUT2D eigenvalue weighted by Crippen LogP contribution is -2.33. The van der Waals surface area contributed by atoms with Crippen molar-refractivity contribution >= 4 is 34.8 Å². The molecule has 2 heterocycles. The van der Waals surface area contributed by atoms with Crippen LogP contribution in [0.1, 0.15) is 30.3 Å². The van der Waals surface area contributed by atoms with E-state index in [9.17, 15) is 14.7 Å². The molecule has 11 heteroatoms. The number of aliphatic hydroxyl groups excluding tert-OH is 1.